The van der Waals surface area contributed by atoms with Crippen molar-refractivity contribution in [2.45, 2.75) is 25.4 Å². The van der Waals surface area contributed by atoms with Crippen molar-refractivity contribution < 1.29 is 0 Å². The quantitative estimate of drug-likeness (QED) is 0.914. The summed E-state index contributed by atoms with van der Waals surface area (Å²) < 4.78 is 1.18. The zero-order valence-electron chi connectivity index (χ0n) is 12.2. The summed E-state index contributed by atoms with van der Waals surface area (Å²) in [4.78, 5) is 5.28. The molecular formula is C16H24BrN3. The molecule has 0 spiro atoms. The third kappa shape index (κ3) is 3.25. The minimum Gasteiger partial charge on any atom is -0.315 e. The maximum Gasteiger partial charge on any atom is 0.0321 e. The standard InChI is InChI=1S/C16H24BrN3/c1-13(14-3-2-4-15(17)11-14)19-7-9-20(10-8-19)16-5-6-18-12-16/h2-4,11,13,16,18H,5-10,12H2,1H3. The van der Waals surface area contributed by atoms with E-state index in [9.17, 15) is 0 Å². The van der Waals surface area contributed by atoms with E-state index in [4.69, 9.17) is 0 Å². The van der Waals surface area contributed by atoms with E-state index in [1.165, 1.54) is 55.7 Å². The summed E-state index contributed by atoms with van der Waals surface area (Å²) >= 11 is 3.58. The minimum absolute atomic E-state index is 0.511. The van der Waals surface area contributed by atoms with Gasteiger partial charge in [0.05, 0.1) is 0 Å². The van der Waals surface area contributed by atoms with Gasteiger partial charge in [-0.2, -0.15) is 0 Å². The maximum atomic E-state index is 3.58. The topological polar surface area (TPSA) is 18.5 Å². The van der Waals surface area contributed by atoms with Crippen LogP contribution in [-0.2, 0) is 0 Å². The van der Waals surface area contributed by atoms with E-state index in [1.54, 1.807) is 0 Å². The first-order valence-corrected chi connectivity index (χ1v) is 8.47. The molecule has 0 aliphatic carbocycles. The van der Waals surface area contributed by atoms with Crippen molar-refractivity contribution in [2.24, 2.45) is 0 Å². The normalized spacial score (nSPS) is 26.8. The van der Waals surface area contributed by atoms with Gasteiger partial charge in [0.15, 0.2) is 0 Å². The van der Waals surface area contributed by atoms with Crippen LogP contribution in [0.2, 0.25) is 0 Å². The first-order valence-electron chi connectivity index (χ1n) is 7.68. The van der Waals surface area contributed by atoms with Gasteiger partial charge in [-0.1, -0.05) is 28.1 Å². The summed E-state index contributed by atoms with van der Waals surface area (Å²) in [6.45, 7) is 9.50. The maximum absolute atomic E-state index is 3.58. The van der Waals surface area contributed by atoms with Crippen LogP contribution >= 0.6 is 15.9 Å². The lowest BCUT2D eigenvalue weighted by Crippen LogP contribution is -2.51. The number of halogens is 1. The van der Waals surface area contributed by atoms with E-state index in [1.807, 2.05) is 0 Å². The predicted molar refractivity (Wildman–Crippen MR) is 87.0 cm³/mol. The van der Waals surface area contributed by atoms with Crippen LogP contribution in [0.4, 0.5) is 0 Å². The second-order valence-corrected chi connectivity index (χ2v) is 6.87. The minimum atomic E-state index is 0.511. The molecule has 2 aliphatic heterocycles. The SMILES string of the molecule is CC(c1cccc(Br)c1)N1CCN(C2CCNC2)CC1. The molecular weight excluding hydrogens is 314 g/mol. The third-order valence-corrected chi connectivity index (χ3v) is 5.27. The monoisotopic (exact) mass is 337 g/mol. The number of rotatable bonds is 3. The molecule has 0 aromatic heterocycles. The van der Waals surface area contributed by atoms with Crippen molar-refractivity contribution in [2.75, 3.05) is 39.3 Å². The van der Waals surface area contributed by atoms with Crippen molar-refractivity contribution in [1.29, 1.82) is 0 Å². The Balaban J connectivity index is 1.57. The molecule has 1 aromatic carbocycles. The zero-order chi connectivity index (χ0) is 13.9. The summed E-state index contributed by atoms with van der Waals surface area (Å²) in [6.07, 6.45) is 1.32. The highest BCUT2D eigenvalue weighted by molar-refractivity contribution is 9.10. The van der Waals surface area contributed by atoms with Gasteiger partial charge in [-0.05, 0) is 37.6 Å². The van der Waals surface area contributed by atoms with Crippen molar-refractivity contribution in [1.82, 2.24) is 15.1 Å². The lowest BCUT2D eigenvalue weighted by atomic mass is 10.1. The fourth-order valence-corrected chi connectivity index (χ4v) is 3.84. The van der Waals surface area contributed by atoms with E-state index >= 15 is 0 Å². The smallest absolute Gasteiger partial charge is 0.0321 e. The van der Waals surface area contributed by atoms with Gasteiger partial charge in [-0.15, -0.1) is 0 Å². The summed E-state index contributed by atoms with van der Waals surface area (Å²) in [5.74, 6) is 0. The molecule has 4 heteroatoms. The van der Waals surface area contributed by atoms with Crippen molar-refractivity contribution in [3.63, 3.8) is 0 Å². The van der Waals surface area contributed by atoms with Crippen molar-refractivity contribution >= 4 is 15.9 Å². The predicted octanol–water partition coefficient (Wildman–Crippen LogP) is 2.49. The van der Waals surface area contributed by atoms with Gasteiger partial charge >= 0.3 is 0 Å². The van der Waals surface area contributed by atoms with Crippen molar-refractivity contribution in [3.05, 3.63) is 34.3 Å². The number of benzene rings is 1. The van der Waals surface area contributed by atoms with Crippen LogP contribution in [0, 0.1) is 0 Å². The first kappa shape index (κ1) is 14.5. The van der Waals surface area contributed by atoms with Gasteiger partial charge in [0.2, 0.25) is 0 Å². The van der Waals surface area contributed by atoms with E-state index in [0.29, 0.717) is 6.04 Å². The zero-order valence-corrected chi connectivity index (χ0v) is 13.8. The Morgan fingerprint density at radius 1 is 1.25 bits per heavy atom. The summed E-state index contributed by atoms with van der Waals surface area (Å²) in [6, 6.07) is 10.0. The lowest BCUT2D eigenvalue weighted by molar-refractivity contribution is 0.0787. The Morgan fingerprint density at radius 3 is 2.70 bits per heavy atom. The van der Waals surface area contributed by atoms with Crippen LogP contribution in [0.1, 0.15) is 24.9 Å². The van der Waals surface area contributed by atoms with Crippen LogP contribution < -0.4 is 5.32 Å². The van der Waals surface area contributed by atoms with Gasteiger partial charge in [0.1, 0.15) is 0 Å². The van der Waals surface area contributed by atoms with Gasteiger partial charge in [0.25, 0.3) is 0 Å². The molecule has 2 atom stereocenters. The Bertz CT molecular complexity index is 437. The van der Waals surface area contributed by atoms with E-state index in [2.05, 4.69) is 62.2 Å². The average molecular weight is 338 g/mol. The van der Waals surface area contributed by atoms with Crippen LogP contribution in [0.5, 0.6) is 0 Å². The van der Waals surface area contributed by atoms with Gasteiger partial charge < -0.3 is 5.32 Å². The molecule has 1 aromatic rings. The molecule has 0 bridgehead atoms. The Hall–Kier alpha value is -0.420. The molecule has 0 radical (unpaired) electrons. The van der Waals surface area contributed by atoms with Gasteiger partial charge in [0, 0.05) is 49.3 Å². The molecule has 0 saturated carbocycles. The number of hydrogen-bond donors (Lipinski definition) is 1. The Kier molecular flexibility index (Phi) is 4.76. The fourth-order valence-electron chi connectivity index (χ4n) is 3.42. The number of hydrogen-bond acceptors (Lipinski definition) is 3. The molecule has 2 fully saturated rings. The number of nitrogens with one attached hydrogen (secondary N) is 1. The van der Waals surface area contributed by atoms with Gasteiger partial charge in [-0.3, -0.25) is 9.80 Å². The molecule has 3 nitrogen and oxygen atoms in total. The fraction of sp³-hybridized carbons (Fsp3) is 0.625. The molecule has 2 aliphatic rings. The van der Waals surface area contributed by atoms with Crippen LogP contribution in [-0.4, -0.2) is 55.1 Å². The van der Waals surface area contributed by atoms with E-state index in [0.717, 1.165) is 6.04 Å². The molecule has 3 rings (SSSR count). The number of nitrogens with zero attached hydrogens (tertiary/aromatic N) is 2. The Labute approximate surface area is 130 Å². The summed E-state index contributed by atoms with van der Waals surface area (Å²) in [5.41, 5.74) is 1.41. The van der Waals surface area contributed by atoms with E-state index < -0.39 is 0 Å². The lowest BCUT2D eigenvalue weighted by Gasteiger charge is -2.40. The first-order chi connectivity index (χ1) is 9.74. The van der Waals surface area contributed by atoms with Crippen LogP contribution in [0.3, 0.4) is 0 Å². The highest BCUT2D eigenvalue weighted by Crippen LogP contribution is 2.25. The highest BCUT2D eigenvalue weighted by Gasteiger charge is 2.27. The largest absolute Gasteiger partial charge is 0.315 e. The third-order valence-electron chi connectivity index (χ3n) is 4.78. The molecule has 2 heterocycles. The second-order valence-electron chi connectivity index (χ2n) is 5.95. The second kappa shape index (κ2) is 6.56. The average Bonchev–Trinajstić information content (AvgIpc) is 3.01. The molecule has 1 N–H and O–H groups in total. The van der Waals surface area contributed by atoms with Gasteiger partial charge in [-0.25, -0.2) is 0 Å². The summed E-state index contributed by atoms with van der Waals surface area (Å²) in [5, 5.41) is 3.48. The van der Waals surface area contributed by atoms with Crippen LogP contribution in [0.15, 0.2) is 28.7 Å². The number of piperazine rings is 1. The molecule has 2 unspecified atom stereocenters. The Morgan fingerprint density at radius 2 is 2.05 bits per heavy atom. The highest BCUT2D eigenvalue weighted by atomic mass is 79.9. The molecule has 110 valence electrons. The summed E-state index contributed by atoms with van der Waals surface area (Å²) in [7, 11) is 0. The molecule has 20 heavy (non-hydrogen) atoms. The molecule has 0 amide bonds. The van der Waals surface area contributed by atoms with Crippen LogP contribution in [0.25, 0.3) is 0 Å². The van der Waals surface area contributed by atoms with Crippen molar-refractivity contribution in [3.8, 4) is 0 Å². The van der Waals surface area contributed by atoms with E-state index in [-0.39, 0.29) is 0 Å². The molecule has 2 saturated heterocycles.